The van der Waals surface area contributed by atoms with Crippen LogP contribution in [-0.2, 0) is 6.18 Å². The molecule has 0 saturated carbocycles. The van der Waals surface area contributed by atoms with E-state index in [0.717, 1.165) is 6.07 Å². The van der Waals surface area contributed by atoms with Crippen LogP contribution in [0.1, 0.15) is 11.1 Å². The highest BCUT2D eigenvalue weighted by molar-refractivity contribution is 6.39. The second kappa shape index (κ2) is 8.11. The minimum Gasteiger partial charge on any atom is -0.437 e. The first-order valence-corrected chi connectivity index (χ1v) is 9.87. The van der Waals surface area contributed by atoms with E-state index in [1.165, 1.54) is 12.3 Å². The maximum Gasteiger partial charge on any atom is 0.418 e. The summed E-state index contributed by atoms with van der Waals surface area (Å²) in [6.45, 7) is 1.74. The number of para-hydroxylation sites is 1. The average molecular weight is 482 g/mol. The van der Waals surface area contributed by atoms with Crippen LogP contribution in [0.2, 0.25) is 10.0 Å². The van der Waals surface area contributed by atoms with Gasteiger partial charge < -0.3 is 10.5 Å². The number of fused-ring (bicyclic) bond motifs is 1. The summed E-state index contributed by atoms with van der Waals surface area (Å²) < 4.78 is 59.9. The van der Waals surface area contributed by atoms with Gasteiger partial charge >= 0.3 is 6.18 Å². The van der Waals surface area contributed by atoms with Gasteiger partial charge in [-0.1, -0.05) is 47.5 Å². The van der Waals surface area contributed by atoms with Crippen molar-refractivity contribution in [1.29, 1.82) is 0 Å². The number of halogens is 6. The molecule has 2 N–H and O–H groups in total. The standard InChI is InChI=1S/C22H13Cl2F4N3O/c1-10-9-30-19-13(6-3-7-14(19)22(26,27)28)15(10)11-4-2-5-12(8-11)32-21-17(24)18(29)16(23)20(25)31-21/h2-9H,1H3,(H2,29,31). The van der Waals surface area contributed by atoms with Crippen LogP contribution in [0.3, 0.4) is 0 Å². The maximum atomic E-state index is 13.9. The minimum absolute atomic E-state index is 0.163. The van der Waals surface area contributed by atoms with E-state index in [1.54, 1.807) is 37.3 Å². The number of nitrogen functional groups attached to an aromatic ring is 1. The molecule has 32 heavy (non-hydrogen) atoms. The molecule has 2 heterocycles. The number of pyridine rings is 2. The maximum absolute atomic E-state index is 13.9. The number of nitrogens with two attached hydrogens (primary N) is 1. The zero-order valence-electron chi connectivity index (χ0n) is 16.3. The number of rotatable bonds is 3. The van der Waals surface area contributed by atoms with E-state index in [4.69, 9.17) is 33.7 Å². The lowest BCUT2D eigenvalue weighted by molar-refractivity contribution is -0.136. The van der Waals surface area contributed by atoms with Crippen LogP contribution in [0.25, 0.3) is 22.0 Å². The predicted octanol–water partition coefficient (Wildman–Crippen LogP) is 7.44. The van der Waals surface area contributed by atoms with Gasteiger partial charge in [0.25, 0.3) is 0 Å². The molecule has 0 amide bonds. The van der Waals surface area contributed by atoms with E-state index in [-0.39, 0.29) is 27.9 Å². The highest BCUT2D eigenvalue weighted by Gasteiger charge is 2.33. The van der Waals surface area contributed by atoms with Crippen molar-refractivity contribution in [1.82, 2.24) is 9.97 Å². The summed E-state index contributed by atoms with van der Waals surface area (Å²) in [6.07, 6.45) is -3.17. The number of aromatic nitrogens is 2. The van der Waals surface area contributed by atoms with Crippen molar-refractivity contribution < 1.29 is 22.3 Å². The van der Waals surface area contributed by atoms with E-state index >= 15 is 0 Å². The predicted molar refractivity (Wildman–Crippen MR) is 116 cm³/mol. The second-order valence-corrected chi connectivity index (χ2v) is 7.65. The lowest BCUT2D eigenvalue weighted by Crippen LogP contribution is -2.07. The van der Waals surface area contributed by atoms with Crippen LogP contribution in [0.15, 0.2) is 48.7 Å². The number of aryl methyl sites for hydroxylation is 1. The smallest absolute Gasteiger partial charge is 0.418 e. The van der Waals surface area contributed by atoms with Gasteiger partial charge in [0, 0.05) is 11.6 Å². The quantitative estimate of drug-likeness (QED) is 0.244. The molecule has 10 heteroatoms. The third-order valence-electron chi connectivity index (χ3n) is 4.77. The van der Waals surface area contributed by atoms with Gasteiger partial charge in [-0.15, -0.1) is 0 Å². The molecule has 0 spiro atoms. The molecule has 0 aliphatic heterocycles. The largest absolute Gasteiger partial charge is 0.437 e. The van der Waals surface area contributed by atoms with Crippen LogP contribution in [0.5, 0.6) is 11.6 Å². The summed E-state index contributed by atoms with van der Waals surface area (Å²) in [4.78, 5) is 7.59. The van der Waals surface area contributed by atoms with Crippen molar-refractivity contribution in [3.05, 3.63) is 75.8 Å². The Morgan fingerprint density at radius 1 is 1.03 bits per heavy atom. The van der Waals surface area contributed by atoms with Gasteiger partial charge in [0.15, 0.2) is 0 Å². The molecule has 0 unspecified atom stereocenters. The Hall–Kier alpha value is -3.10. The molecule has 0 aliphatic carbocycles. The summed E-state index contributed by atoms with van der Waals surface area (Å²) in [5.41, 5.74) is 6.23. The fraction of sp³-hybridized carbons (Fsp3) is 0.0909. The van der Waals surface area contributed by atoms with Crippen molar-refractivity contribution in [2.75, 3.05) is 5.73 Å². The van der Waals surface area contributed by atoms with E-state index in [0.29, 0.717) is 22.1 Å². The fourth-order valence-corrected chi connectivity index (χ4v) is 3.70. The molecule has 0 bridgehead atoms. The van der Waals surface area contributed by atoms with E-state index < -0.39 is 22.7 Å². The van der Waals surface area contributed by atoms with Gasteiger partial charge in [-0.3, -0.25) is 4.98 Å². The van der Waals surface area contributed by atoms with E-state index in [1.807, 2.05) is 0 Å². The summed E-state index contributed by atoms with van der Waals surface area (Å²) in [7, 11) is 0. The fourth-order valence-electron chi connectivity index (χ4n) is 3.34. The second-order valence-electron chi connectivity index (χ2n) is 6.90. The molecule has 4 nitrogen and oxygen atoms in total. The third kappa shape index (κ3) is 3.91. The first kappa shape index (κ1) is 22.1. The molecule has 164 valence electrons. The van der Waals surface area contributed by atoms with Crippen molar-refractivity contribution in [3.63, 3.8) is 0 Å². The zero-order chi connectivity index (χ0) is 23.2. The Morgan fingerprint density at radius 3 is 2.47 bits per heavy atom. The monoisotopic (exact) mass is 481 g/mol. The number of anilines is 1. The van der Waals surface area contributed by atoms with Crippen LogP contribution >= 0.6 is 23.2 Å². The van der Waals surface area contributed by atoms with E-state index in [9.17, 15) is 17.6 Å². The topological polar surface area (TPSA) is 61.0 Å². The highest BCUT2D eigenvalue weighted by Crippen LogP contribution is 2.40. The Kier molecular flexibility index (Phi) is 5.60. The van der Waals surface area contributed by atoms with Crippen molar-refractivity contribution in [2.24, 2.45) is 0 Å². The third-order valence-corrected chi connectivity index (χ3v) is 5.50. The number of hydrogen-bond acceptors (Lipinski definition) is 4. The number of benzene rings is 2. The Balaban J connectivity index is 1.84. The number of alkyl halides is 3. The molecule has 2 aromatic carbocycles. The van der Waals surface area contributed by atoms with Crippen LogP contribution in [0, 0.1) is 12.9 Å². The Bertz CT molecular complexity index is 1360. The number of ether oxygens (including phenoxy) is 1. The van der Waals surface area contributed by atoms with Crippen LogP contribution < -0.4 is 10.5 Å². The van der Waals surface area contributed by atoms with Gasteiger partial charge in [0.1, 0.15) is 15.8 Å². The summed E-state index contributed by atoms with van der Waals surface area (Å²) in [6, 6.07) is 10.4. The molecule has 0 radical (unpaired) electrons. The molecule has 4 aromatic rings. The minimum atomic E-state index is -4.55. The number of hydrogen-bond donors (Lipinski definition) is 1. The molecule has 0 fully saturated rings. The van der Waals surface area contributed by atoms with Crippen LogP contribution in [-0.4, -0.2) is 9.97 Å². The van der Waals surface area contributed by atoms with Gasteiger partial charge in [-0.25, -0.2) is 0 Å². The lowest BCUT2D eigenvalue weighted by atomic mass is 9.95. The van der Waals surface area contributed by atoms with Gasteiger partial charge in [-0.05, 0) is 41.8 Å². The van der Waals surface area contributed by atoms with Gasteiger partial charge in [0.2, 0.25) is 11.8 Å². The average Bonchev–Trinajstić information content (AvgIpc) is 2.75. The lowest BCUT2D eigenvalue weighted by Gasteiger charge is -2.15. The van der Waals surface area contributed by atoms with Crippen molar-refractivity contribution in [3.8, 4) is 22.8 Å². The summed E-state index contributed by atoms with van der Waals surface area (Å²) >= 11 is 11.8. The molecule has 4 rings (SSSR count). The Labute approximate surface area is 189 Å². The molecule has 2 aromatic heterocycles. The first-order chi connectivity index (χ1) is 15.1. The van der Waals surface area contributed by atoms with Crippen molar-refractivity contribution in [2.45, 2.75) is 13.1 Å². The molecule has 0 atom stereocenters. The molecule has 0 aliphatic rings. The number of nitrogens with zero attached hydrogens (tertiary/aromatic N) is 2. The van der Waals surface area contributed by atoms with Crippen molar-refractivity contribution >= 4 is 39.8 Å². The van der Waals surface area contributed by atoms with Crippen LogP contribution in [0.4, 0.5) is 23.2 Å². The molecular formula is C22H13Cl2F4N3O. The first-order valence-electron chi connectivity index (χ1n) is 9.11. The van der Waals surface area contributed by atoms with Gasteiger partial charge in [0.05, 0.1) is 16.8 Å². The SMILES string of the molecule is Cc1cnc2c(C(F)(F)F)cccc2c1-c1cccc(Oc2nc(F)c(Cl)c(N)c2Cl)c1. The zero-order valence-corrected chi connectivity index (χ0v) is 17.8. The highest BCUT2D eigenvalue weighted by atomic mass is 35.5. The molecule has 0 saturated heterocycles. The normalized spacial score (nSPS) is 11.7. The summed E-state index contributed by atoms with van der Waals surface area (Å²) in [5, 5.41) is -0.257. The molecular weight excluding hydrogens is 469 g/mol. The van der Waals surface area contributed by atoms with Gasteiger partial charge in [-0.2, -0.15) is 22.5 Å². The Morgan fingerprint density at radius 2 is 1.75 bits per heavy atom. The summed E-state index contributed by atoms with van der Waals surface area (Å²) in [5.74, 6) is -1.12. The van der Waals surface area contributed by atoms with E-state index in [2.05, 4.69) is 9.97 Å².